The van der Waals surface area contributed by atoms with E-state index in [1.807, 2.05) is 0 Å². The number of rotatable bonds is 2. The first kappa shape index (κ1) is 18.1. The highest BCUT2D eigenvalue weighted by Gasteiger charge is 2.34. The summed E-state index contributed by atoms with van der Waals surface area (Å²) in [4.78, 5) is 0. The molecule has 0 aliphatic heterocycles. The number of alkyl halides is 5. The van der Waals surface area contributed by atoms with Crippen LogP contribution in [0.5, 0.6) is 0 Å². The molecule has 0 N–H and O–H groups in total. The highest BCUT2D eigenvalue weighted by Crippen LogP contribution is 2.40. The lowest BCUT2D eigenvalue weighted by atomic mass is 9.96. The largest absolute Gasteiger partial charge is 0.416 e. The van der Waals surface area contributed by atoms with Gasteiger partial charge in [-0.3, -0.25) is 0 Å². The summed E-state index contributed by atoms with van der Waals surface area (Å²) in [6.07, 6.45) is -8.70. The third-order valence-electron chi connectivity index (χ3n) is 3.09. The van der Waals surface area contributed by atoms with E-state index in [1.165, 1.54) is 0 Å². The van der Waals surface area contributed by atoms with Crippen LogP contribution >= 0.6 is 0 Å². The molecule has 0 nitrogen and oxygen atoms in total. The molecule has 0 aliphatic carbocycles. The van der Waals surface area contributed by atoms with Gasteiger partial charge in [0.2, 0.25) is 5.82 Å². The average Bonchev–Trinajstić information content (AvgIpc) is 2.50. The number of hydrogen-bond acceptors (Lipinski definition) is 0. The van der Waals surface area contributed by atoms with Crippen LogP contribution in [0.25, 0.3) is 11.1 Å². The Morgan fingerprint density at radius 2 is 1.17 bits per heavy atom. The lowest BCUT2D eigenvalue weighted by Gasteiger charge is -2.15. The minimum atomic E-state index is -5.04. The standard InChI is InChI=1S/C14H4F10/c15-8-7(9(16)11(18)12(19)10(8)17)5-2-1-4(14(22,23)24)3-6(5)13(20)21/h1-3,13H. The van der Waals surface area contributed by atoms with Crippen LogP contribution in [0.2, 0.25) is 0 Å². The molecule has 0 aliphatic rings. The predicted molar refractivity (Wildman–Crippen MR) is 61.6 cm³/mol. The van der Waals surface area contributed by atoms with E-state index in [0.717, 1.165) is 0 Å². The summed E-state index contributed by atoms with van der Waals surface area (Å²) < 4.78 is 130. The van der Waals surface area contributed by atoms with Gasteiger partial charge < -0.3 is 0 Å². The van der Waals surface area contributed by atoms with Gasteiger partial charge in [0.15, 0.2) is 23.3 Å². The predicted octanol–water partition coefficient (Wildman–Crippen LogP) is 6.01. The normalized spacial score (nSPS) is 12.1. The summed E-state index contributed by atoms with van der Waals surface area (Å²) in [5.41, 5.74) is -6.04. The molecule has 2 aromatic rings. The van der Waals surface area contributed by atoms with Gasteiger partial charge >= 0.3 is 6.18 Å². The second kappa shape index (κ2) is 5.99. The molecule has 0 heterocycles. The zero-order chi connectivity index (χ0) is 18.4. The minimum Gasteiger partial charge on any atom is -0.205 e. The zero-order valence-electron chi connectivity index (χ0n) is 11.1. The van der Waals surface area contributed by atoms with Crippen LogP contribution in [0.15, 0.2) is 18.2 Å². The second-order valence-electron chi connectivity index (χ2n) is 4.55. The van der Waals surface area contributed by atoms with Crippen LogP contribution in [0, 0.1) is 29.1 Å². The zero-order valence-corrected chi connectivity index (χ0v) is 11.1. The number of halogens is 10. The smallest absolute Gasteiger partial charge is 0.205 e. The van der Waals surface area contributed by atoms with Crippen molar-refractivity contribution in [2.75, 3.05) is 0 Å². The van der Waals surface area contributed by atoms with Crippen molar-refractivity contribution in [2.45, 2.75) is 12.6 Å². The first-order valence-corrected chi connectivity index (χ1v) is 5.98. The molecule has 0 saturated heterocycles. The molecule has 0 saturated carbocycles. The van der Waals surface area contributed by atoms with Crippen LogP contribution < -0.4 is 0 Å². The molecule has 2 aromatic carbocycles. The van der Waals surface area contributed by atoms with Gasteiger partial charge in [0.25, 0.3) is 6.43 Å². The fourth-order valence-electron chi connectivity index (χ4n) is 1.99. The van der Waals surface area contributed by atoms with Gasteiger partial charge in [-0.05, 0) is 17.7 Å². The van der Waals surface area contributed by atoms with Gasteiger partial charge in [0, 0.05) is 5.56 Å². The molecule has 0 atom stereocenters. The lowest BCUT2D eigenvalue weighted by molar-refractivity contribution is -0.137. The molecule has 0 radical (unpaired) electrons. The highest BCUT2D eigenvalue weighted by atomic mass is 19.4. The Morgan fingerprint density at radius 3 is 1.58 bits per heavy atom. The Hall–Kier alpha value is -2.26. The number of benzene rings is 2. The van der Waals surface area contributed by atoms with Crippen molar-refractivity contribution in [3.8, 4) is 11.1 Å². The summed E-state index contributed by atoms with van der Waals surface area (Å²) >= 11 is 0. The van der Waals surface area contributed by atoms with Crippen molar-refractivity contribution < 1.29 is 43.9 Å². The van der Waals surface area contributed by atoms with E-state index in [-0.39, 0.29) is 18.2 Å². The Balaban J connectivity index is 2.84. The van der Waals surface area contributed by atoms with E-state index in [9.17, 15) is 43.9 Å². The molecule has 0 bridgehead atoms. The SMILES string of the molecule is Fc1c(F)c(F)c(-c2ccc(C(F)(F)F)cc2C(F)F)c(F)c1F. The van der Waals surface area contributed by atoms with Crippen LogP contribution in [-0.4, -0.2) is 0 Å². The van der Waals surface area contributed by atoms with Crippen molar-refractivity contribution in [3.05, 3.63) is 58.4 Å². The van der Waals surface area contributed by atoms with Crippen LogP contribution in [0.3, 0.4) is 0 Å². The summed E-state index contributed by atoms with van der Waals surface area (Å²) in [6.45, 7) is 0. The molecule has 0 aromatic heterocycles. The lowest BCUT2D eigenvalue weighted by Crippen LogP contribution is -2.09. The van der Waals surface area contributed by atoms with E-state index in [4.69, 9.17) is 0 Å². The van der Waals surface area contributed by atoms with Crippen molar-refractivity contribution in [2.24, 2.45) is 0 Å². The summed E-state index contributed by atoms with van der Waals surface area (Å²) in [5, 5.41) is 0. The van der Waals surface area contributed by atoms with E-state index < -0.39 is 63.9 Å². The maximum Gasteiger partial charge on any atom is 0.416 e. The summed E-state index contributed by atoms with van der Waals surface area (Å²) in [6, 6.07) is 0.305. The van der Waals surface area contributed by atoms with Crippen LogP contribution in [-0.2, 0) is 6.18 Å². The molecule has 24 heavy (non-hydrogen) atoms. The average molecular weight is 362 g/mol. The molecule has 0 fully saturated rings. The molecule has 0 amide bonds. The van der Waals surface area contributed by atoms with Gasteiger partial charge in [-0.25, -0.2) is 30.7 Å². The molecule has 130 valence electrons. The van der Waals surface area contributed by atoms with Gasteiger partial charge in [0.1, 0.15) is 0 Å². The maximum atomic E-state index is 13.7. The third-order valence-corrected chi connectivity index (χ3v) is 3.09. The Kier molecular flexibility index (Phi) is 4.51. The van der Waals surface area contributed by atoms with Crippen molar-refractivity contribution in [3.63, 3.8) is 0 Å². The Labute approximate surface area is 127 Å². The van der Waals surface area contributed by atoms with E-state index in [0.29, 0.717) is 0 Å². The van der Waals surface area contributed by atoms with Crippen molar-refractivity contribution in [1.29, 1.82) is 0 Å². The molecule has 0 spiro atoms. The second-order valence-corrected chi connectivity index (χ2v) is 4.55. The topological polar surface area (TPSA) is 0 Å². The quantitative estimate of drug-likeness (QED) is 0.349. The van der Waals surface area contributed by atoms with E-state index in [2.05, 4.69) is 0 Å². The molecule has 0 unspecified atom stereocenters. The molecule has 2 rings (SSSR count). The third kappa shape index (κ3) is 2.92. The van der Waals surface area contributed by atoms with E-state index in [1.54, 1.807) is 0 Å². The van der Waals surface area contributed by atoms with Gasteiger partial charge in [0.05, 0.1) is 11.1 Å². The Bertz CT molecular complexity index is 762. The van der Waals surface area contributed by atoms with Crippen molar-refractivity contribution in [1.82, 2.24) is 0 Å². The van der Waals surface area contributed by atoms with Crippen LogP contribution in [0.1, 0.15) is 17.6 Å². The first-order valence-electron chi connectivity index (χ1n) is 5.98. The fourth-order valence-corrected chi connectivity index (χ4v) is 1.99. The van der Waals surface area contributed by atoms with Gasteiger partial charge in [-0.15, -0.1) is 0 Å². The summed E-state index contributed by atoms with van der Waals surface area (Å²) in [5.74, 6) is -12.2. The maximum absolute atomic E-state index is 13.7. The first-order chi connectivity index (χ1) is 11.0. The minimum absolute atomic E-state index is 0.113. The van der Waals surface area contributed by atoms with Gasteiger partial charge in [-0.1, -0.05) is 6.07 Å². The monoisotopic (exact) mass is 362 g/mol. The van der Waals surface area contributed by atoms with Crippen LogP contribution in [0.4, 0.5) is 43.9 Å². The number of hydrogen-bond donors (Lipinski definition) is 0. The summed E-state index contributed by atoms with van der Waals surface area (Å²) in [7, 11) is 0. The molecule has 10 heteroatoms. The molecular formula is C14H4F10. The molecular weight excluding hydrogens is 358 g/mol. The van der Waals surface area contributed by atoms with Crippen molar-refractivity contribution >= 4 is 0 Å². The van der Waals surface area contributed by atoms with Gasteiger partial charge in [-0.2, -0.15) is 13.2 Å². The highest BCUT2D eigenvalue weighted by molar-refractivity contribution is 5.70. The van der Waals surface area contributed by atoms with E-state index >= 15 is 0 Å². The Morgan fingerprint density at radius 1 is 0.708 bits per heavy atom. The fraction of sp³-hybridized carbons (Fsp3) is 0.143.